The zero-order valence-electron chi connectivity index (χ0n) is 12.8. The maximum atomic E-state index is 11.8. The second-order valence-electron chi connectivity index (χ2n) is 4.59. The number of methoxy groups -OCH3 is 1. The van der Waals surface area contributed by atoms with Gasteiger partial charge in [-0.2, -0.15) is 0 Å². The van der Waals surface area contributed by atoms with Crippen molar-refractivity contribution in [3.05, 3.63) is 28.2 Å². The quantitative estimate of drug-likeness (QED) is 0.686. The van der Waals surface area contributed by atoms with Crippen LogP contribution in [-0.2, 0) is 16.1 Å². The summed E-state index contributed by atoms with van der Waals surface area (Å²) in [6, 6.07) is 5.83. The Morgan fingerprint density at radius 3 is 2.86 bits per heavy atom. The van der Waals surface area contributed by atoms with Gasteiger partial charge in [-0.25, -0.2) is 0 Å². The first kappa shape index (κ1) is 17.9. The number of nitrogens with one attached hydrogen (secondary N) is 1. The molecule has 1 rings (SSSR count). The van der Waals surface area contributed by atoms with Gasteiger partial charge in [0.25, 0.3) is 5.91 Å². The predicted molar refractivity (Wildman–Crippen MR) is 86.5 cm³/mol. The van der Waals surface area contributed by atoms with Crippen molar-refractivity contribution in [2.24, 2.45) is 0 Å². The molecule has 0 aromatic heterocycles. The van der Waals surface area contributed by atoms with Crippen LogP contribution < -0.4 is 10.1 Å². The van der Waals surface area contributed by atoms with E-state index in [2.05, 4.69) is 21.2 Å². The summed E-state index contributed by atoms with van der Waals surface area (Å²) in [5.41, 5.74) is 1.01. The molecule has 0 bridgehead atoms. The summed E-state index contributed by atoms with van der Waals surface area (Å²) in [6.07, 6.45) is 0. The summed E-state index contributed by atoms with van der Waals surface area (Å²) >= 11 is 3.47. The Balaban J connectivity index is 2.64. The van der Waals surface area contributed by atoms with Crippen molar-refractivity contribution >= 4 is 21.8 Å². The first-order valence-electron chi connectivity index (χ1n) is 6.94. The highest BCUT2D eigenvalue weighted by atomic mass is 79.9. The van der Waals surface area contributed by atoms with Crippen molar-refractivity contribution < 1.29 is 14.3 Å². The lowest BCUT2D eigenvalue weighted by Gasteiger charge is -2.17. The fraction of sp³-hybridized carbons (Fsp3) is 0.533. The first-order chi connectivity index (χ1) is 10.1. The fourth-order valence-electron chi connectivity index (χ4n) is 1.67. The van der Waals surface area contributed by atoms with E-state index in [-0.39, 0.29) is 12.5 Å². The van der Waals surface area contributed by atoms with Crippen molar-refractivity contribution in [3.63, 3.8) is 0 Å². The number of hydrogen-bond donors (Lipinski definition) is 1. The van der Waals surface area contributed by atoms with E-state index in [1.807, 2.05) is 25.1 Å². The maximum Gasteiger partial charge on any atom is 0.260 e. The Kier molecular flexibility index (Phi) is 8.34. The molecule has 1 amide bonds. The number of benzene rings is 1. The summed E-state index contributed by atoms with van der Waals surface area (Å²) in [5.74, 6) is 0.673. The second kappa shape index (κ2) is 9.76. The molecular formula is C15H23BrN2O3. The molecule has 6 heteroatoms. The number of nitrogens with zero attached hydrogens (tertiary/aromatic N) is 1. The van der Waals surface area contributed by atoms with E-state index in [0.29, 0.717) is 25.4 Å². The second-order valence-corrected chi connectivity index (χ2v) is 5.45. The summed E-state index contributed by atoms with van der Waals surface area (Å²) < 4.78 is 11.5. The maximum absolute atomic E-state index is 11.8. The average molecular weight is 359 g/mol. The third-order valence-corrected chi connectivity index (χ3v) is 3.71. The molecule has 0 fully saturated rings. The number of rotatable bonds is 9. The van der Waals surface area contributed by atoms with Crippen molar-refractivity contribution in [2.45, 2.75) is 13.5 Å². The third kappa shape index (κ3) is 6.03. The summed E-state index contributed by atoms with van der Waals surface area (Å²) in [6.45, 7) is 4.73. The van der Waals surface area contributed by atoms with E-state index in [1.54, 1.807) is 19.1 Å². The number of ether oxygens (including phenoxy) is 2. The Morgan fingerprint density at radius 2 is 2.19 bits per heavy atom. The normalized spacial score (nSPS) is 10.5. The zero-order valence-corrected chi connectivity index (χ0v) is 14.4. The van der Waals surface area contributed by atoms with Crippen LogP contribution in [0.2, 0.25) is 0 Å². The molecule has 0 unspecified atom stereocenters. The molecule has 1 N–H and O–H groups in total. The van der Waals surface area contributed by atoms with Gasteiger partial charge in [0.2, 0.25) is 0 Å². The van der Waals surface area contributed by atoms with Crippen LogP contribution in [0.25, 0.3) is 0 Å². The number of likely N-dealkylation sites (N-methyl/N-ethyl adjacent to an activating group) is 1. The highest BCUT2D eigenvalue weighted by molar-refractivity contribution is 9.10. The van der Waals surface area contributed by atoms with Gasteiger partial charge in [0, 0.05) is 39.4 Å². The van der Waals surface area contributed by atoms with Gasteiger partial charge < -0.3 is 19.7 Å². The highest BCUT2D eigenvalue weighted by Gasteiger charge is 2.12. The first-order valence-corrected chi connectivity index (χ1v) is 7.73. The van der Waals surface area contributed by atoms with Crippen LogP contribution in [0.3, 0.4) is 0 Å². The van der Waals surface area contributed by atoms with Crippen molar-refractivity contribution in [1.82, 2.24) is 10.2 Å². The Hall–Kier alpha value is -1.11. The molecule has 0 saturated heterocycles. The number of halogens is 1. The zero-order chi connectivity index (χ0) is 15.7. The molecule has 0 saturated carbocycles. The summed E-state index contributed by atoms with van der Waals surface area (Å²) in [4.78, 5) is 13.5. The molecule has 1 aromatic carbocycles. The van der Waals surface area contributed by atoms with Gasteiger partial charge in [-0.15, -0.1) is 0 Å². The smallest absolute Gasteiger partial charge is 0.260 e. The van der Waals surface area contributed by atoms with Gasteiger partial charge in [-0.1, -0.05) is 12.1 Å². The molecule has 0 radical (unpaired) electrons. The lowest BCUT2D eigenvalue weighted by Crippen LogP contribution is -2.31. The van der Waals surface area contributed by atoms with Gasteiger partial charge in [0.15, 0.2) is 6.61 Å². The number of carbonyl (C=O) groups is 1. The topological polar surface area (TPSA) is 50.8 Å². The molecule has 5 nitrogen and oxygen atoms in total. The molecule has 0 atom stereocenters. The van der Waals surface area contributed by atoms with Crippen LogP contribution in [0.1, 0.15) is 12.5 Å². The standard InChI is InChI=1S/C15H23BrN2O3/c1-4-18(2)14(19)11-21-15-12(6-5-7-13(15)16)10-17-8-9-20-3/h5-7,17H,4,8-11H2,1-3H3. The average Bonchev–Trinajstić information content (AvgIpc) is 2.49. The number of carbonyl (C=O) groups excluding carboxylic acids is 1. The van der Waals surface area contributed by atoms with Crippen LogP contribution in [-0.4, -0.2) is 51.3 Å². The molecule has 21 heavy (non-hydrogen) atoms. The number of para-hydroxylation sites is 1. The number of amides is 1. The van der Waals surface area contributed by atoms with E-state index in [1.165, 1.54) is 0 Å². The van der Waals surface area contributed by atoms with E-state index >= 15 is 0 Å². The molecule has 0 aliphatic heterocycles. The van der Waals surface area contributed by atoms with E-state index < -0.39 is 0 Å². The van der Waals surface area contributed by atoms with E-state index in [4.69, 9.17) is 9.47 Å². The Morgan fingerprint density at radius 1 is 1.43 bits per heavy atom. The van der Waals surface area contributed by atoms with E-state index in [9.17, 15) is 4.79 Å². The minimum atomic E-state index is -0.0356. The van der Waals surface area contributed by atoms with Gasteiger partial charge in [-0.3, -0.25) is 4.79 Å². The minimum Gasteiger partial charge on any atom is -0.482 e. The Bertz CT molecular complexity index is 455. The minimum absolute atomic E-state index is 0.0356. The van der Waals surface area contributed by atoms with Crippen LogP contribution >= 0.6 is 15.9 Å². The molecule has 0 heterocycles. The molecule has 0 spiro atoms. The number of hydrogen-bond acceptors (Lipinski definition) is 4. The molecule has 0 aliphatic rings. The third-order valence-electron chi connectivity index (χ3n) is 3.09. The lowest BCUT2D eigenvalue weighted by atomic mass is 10.2. The van der Waals surface area contributed by atoms with Crippen molar-refractivity contribution in [3.8, 4) is 5.75 Å². The predicted octanol–water partition coefficient (Wildman–Crippen LogP) is 2.04. The molecule has 118 valence electrons. The molecule has 0 aliphatic carbocycles. The van der Waals surface area contributed by atoms with Crippen molar-refractivity contribution in [2.75, 3.05) is 40.5 Å². The van der Waals surface area contributed by atoms with Gasteiger partial charge in [-0.05, 0) is 28.9 Å². The van der Waals surface area contributed by atoms with Crippen molar-refractivity contribution in [1.29, 1.82) is 0 Å². The Labute approximate surface area is 134 Å². The van der Waals surface area contributed by atoms with Gasteiger partial charge in [0.05, 0.1) is 11.1 Å². The largest absolute Gasteiger partial charge is 0.482 e. The highest BCUT2D eigenvalue weighted by Crippen LogP contribution is 2.29. The van der Waals surface area contributed by atoms with Crippen LogP contribution in [0.5, 0.6) is 5.75 Å². The molecular weight excluding hydrogens is 336 g/mol. The lowest BCUT2D eigenvalue weighted by molar-refractivity contribution is -0.131. The summed E-state index contributed by atoms with van der Waals surface area (Å²) in [7, 11) is 3.43. The van der Waals surface area contributed by atoms with Gasteiger partial charge in [0.1, 0.15) is 5.75 Å². The van der Waals surface area contributed by atoms with E-state index in [0.717, 1.165) is 16.6 Å². The van der Waals surface area contributed by atoms with Crippen LogP contribution in [0, 0.1) is 0 Å². The summed E-state index contributed by atoms with van der Waals surface area (Å²) in [5, 5.41) is 3.27. The molecule has 1 aromatic rings. The fourth-order valence-corrected chi connectivity index (χ4v) is 2.19. The monoisotopic (exact) mass is 358 g/mol. The van der Waals surface area contributed by atoms with Crippen LogP contribution in [0.15, 0.2) is 22.7 Å². The SMILES string of the molecule is CCN(C)C(=O)COc1c(Br)cccc1CNCCOC. The van der Waals surface area contributed by atoms with Gasteiger partial charge >= 0.3 is 0 Å². The van der Waals surface area contributed by atoms with Crippen LogP contribution in [0.4, 0.5) is 0 Å².